The molecule has 3 heteroatoms. The molecule has 0 spiro atoms. The second-order valence-electron chi connectivity index (χ2n) is 5.29. The summed E-state index contributed by atoms with van der Waals surface area (Å²) in [6.07, 6.45) is 5.16. The molecule has 19 heavy (non-hydrogen) atoms. The number of carbonyl (C=O) groups excluding carboxylic acids is 1. The molecule has 1 heterocycles. The van der Waals surface area contributed by atoms with Crippen LogP contribution in [-0.4, -0.2) is 37.0 Å². The fourth-order valence-corrected chi connectivity index (χ4v) is 2.81. The van der Waals surface area contributed by atoms with Gasteiger partial charge in [-0.3, -0.25) is 4.79 Å². The second kappa shape index (κ2) is 7.29. The van der Waals surface area contributed by atoms with Crippen molar-refractivity contribution in [1.82, 2.24) is 10.2 Å². The lowest BCUT2D eigenvalue weighted by Gasteiger charge is -2.36. The number of benzene rings is 1. The van der Waals surface area contributed by atoms with Crippen LogP contribution < -0.4 is 5.32 Å². The predicted molar refractivity (Wildman–Crippen MR) is 78.0 cm³/mol. The largest absolute Gasteiger partial charge is 0.339 e. The lowest BCUT2D eigenvalue weighted by Crippen LogP contribution is -2.45. The first-order valence-corrected chi connectivity index (χ1v) is 7.29. The number of piperidine rings is 1. The Balaban J connectivity index is 1.95. The third-order valence-corrected chi connectivity index (χ3v) is 3.87. The van der Waals surface area contributed by atoms with Crippen LogP contribution in [-0.2, 0) is 11.2 Å². The van der Waals surface area contributed by atoms with Gasteiger partial charge >= 0.3 is 0 Å². The van der Waals surface area contributed by atoms with E-state index in [0.717, 1.165) is 37.9 Å². The molecular formula is C16H24N2O. The molecule has 1 aliphatic heterocycles. The number of likely N-dealkylation sites (tertiary alicyclic amines) is 1. The maximum atomic E-state index is 12.4. The van der Waals surface area contributed by atoms with Gasteiger partial charge in [-0.2, -0.15) is 0 Å². The van der Waals surface area contributed by atoms with E-state index in [2.05, 4.69) is 10.2 Å². The lowest BCUT2D eigenvalue weighted by atomic mass is 9.98. The summed E-state index contributed by atoms with van der Waals surface area (Å²) < 4.78 is 0. The highest BCUT2D eigenvalue weighted by atomic mass is 16.2. The topological polar surface area (TPSA) is 32.3 Å². The first-order valence-electron chi connectivity index (χ1n) is 7.29. The number of carbonyl (C=O) groups is 1. The molecular weight excluding hydrogens is 236 g/mol. The molecule has 1 atom stereocenters. The van der Waals surface area contributed by atoms with Crippen molar-refractivity contribution in [2.24, 2.45) is 0 Å². The molecule has 104 valence electrons. The maximum Gasteiger partial charge on any atom is 0.227 e. The van der Waals surface area contributed by atoms with Gasteiger partial charge in [0.05, 0.1) is 6.42 Å². The molecule has 1 aromatic rings. The quantitative estimate of drug-likeness (QED) is 0.880. The van der Waals surface area contributed by atoms with E-state index in [4.69, 9.17) is 0 Å². The number of hydrogen-bond donors (Lipinski definition) is 1. The van der Waals surface area contributed by atoms with Crippen LogP contribution in [0, 0.1) is 0 Å². The van der Waals surface area contributed by atoms with Gasteiger partial charge in [-0.1, -0.05) is 30.3 Å². The molecule has 0 aromatic heterocycles. The number of hydrogen-bond acceptors (Lipinski definition) is 2. The normalized spacial score (nSPS) is 19.4. The van der Waals surface area contributed by atoms with Crippen LogP contribution in [0.25, 0.3) is 0 Å². The third-order valence-electron chi connectivity index (χ3n) is 3.87. The standard InChI is InChI=1S/C16H24N2O/c1-17-11-10-15-9-5-6-12-18(15)16(19)13-14-7-3-2-4-8-14/h2-4,7-8,15,17H,5-6,9-13H2,1H3. The van der Waals surface area contributed by atoms with E-state index in [1.54, 1.807) is 0 Å². The van der Waals surface area contributed by atoms with E-state index in [1.807, 2.05) is 37.4 Å². The van der Waals surface area contributed by atoms with Crippen LogP contribution in [0.2, 0.25) is 0 Å². The Kier molecular flexibility index (Phi) is 5.40. The highest BCUT2D eigenvalue weighted by Crippen LogP contribution is 2.20. The second-order valence-corrected chi connectivity index (χ2v) is 5.29. The van der Waals surface area contributed by atoms with Crippen molar-refractivity contribution in [2.45, 2.75) is 38.1 Å². The minimum absolute atomic E-state index is 0.284. The molecule has 0 radical (unpaired) electrons. The summed E-state index contributed by atoms with van der Waals surface area (Å²) >= 11 is 0. The van der Waals surface area contributed by atoms with E-state index in [-0.39, 0.29) is 5.91 Å². The molecule has 1 saturated heterocycles. The first-order chi connectivity index (χ1) is 9.31. The monoisotopic (exact) mass is 260 g/mol. The fraction of sp³-hybridized carbons (Fsp3) is 0.562. The van der Waals surface area contributed by atoms with Crippen molar-refractivity contribution in [1.29, 1.82) is 0 Å². The van der Waals surface area contributed by atoms with E-state index in [0.29, 0.717) is 12.5 Å². The Hall–Kier alpha value is -1.35. The summed E-state index contributed by atoms with van der Waals surface area (Å²) in [6, 6.07) is 10.5. The van der Waals surface area contributed by atoms with Gasteiger partial charge in [0.25, 0.3) is 0 Å². The predicted octanol–water partition coefficient (Wildman–Crippen LogP) is 2.22. The van der Waals surface area contributed by atoms with Gasteiger partial charge in [0.15, 0.2) is 0 Å². The van der Waals surface area contributed by atoms with Crippen molar-refractivity contribution >= 4 is 5.91 Å². The summed E-state index contributed by atoms with van der Waals surface area (Å²) in [5.41, 5.74) is 1.12. The minimum Gasteiger partial charge on any atom is -0.339 e. The van der Waals surface area contributed by atoms with Gasteiger partial charge < -0.3 is 10.2 Å². The van der Waals surface area contributed by atoms with E-state index in [1.165, 1.54) is 6.42 Å². The van der Waals surface area contributed by atoms with Crippen LogP contribution in [0.1, 0.15) is 31.2 Å². The zero-order valence-corrected chi connectivity index (χ0v) is 11.8. The molecule has 1 aliphatic rings. The van der Waals surface area contributed by atoms with Crippen molar-refractivity contribution < 1.29 is 4.79 Å². The summed E-state index contributed by atoms with van der Waals surface area (Å²) in [4.78, 5) is 14.6. The number of nitrogens with zero attached hydrogens (tertiary/aromatic N) is 1. The average Bonchev–Trinajstić information content (AvgIpc) is 2.46. The average molecular weight is 260 g/mol. The fourth-order valence-electron chi connectivity index (χ4n) is 2.81. The Morgan fingerprint density at radius 2 is 2.11 bits per heavy atom. The van der Waals surface area contributed by atoms with Gasteiger partial charge in [-0.15, -0.1) is 0 Å². The Labute approximate surface area is 116 Å². The van der Waals surface area contributed by atoms with Crippen LogP contribution in [0.5, 0.6) is 0 Å². The number of nitrogens with one attached hydrogen (secondary N) is 1. The Morgan fingerprint density at radius 3 is 2.84 bits per heavy atom. The van der Waals surface area contributed by atoms with Crippen molar-refractivity contribution in [3.05, 3.63) is 35.9 Å². The molecule has 0 bridgehead atoms. The Bertz CT molecular complexity index is 391. The van der Waals surface area contributed by atoms with Crippen molar-refractivity contribution in [2.75, 3.05) is 20.1 Å². The minimum atomic E-state index is 0.284. The maximum absolute atomic E-state index is 12.4. The summed E-state index contributed by atoms with van der Waals surface area (Å²) in [5, 5.41) is 3.19. The molecule has 1 unspecified atom stereocenters. The van der Waals surface area contributed by atoms with Crippen molar-refractivity contribution in [3.63, 3.8) is 0 Å². The lowest BCUT2D eigenvalue weighted by molar-refractivity contribution is -0.134. The molecule has 1 N–H and O–H groups in total. The van der Waals surface area contributed by atoms with E-state index < -0.39 is 0 Å². The molecule has 3 nitrogen and oxygen atoms in total. The van der Waals surface area contributed by atoms with Gasteiger partial charge in [-0.25, -0.2) is 0 Å². The summed E-state index contributed by atoms with van der Waals surface area (Å²) in [7, 11) is 1.97. The van der Waals surface area contributed by atoms with Gasteiger partial charge in [-0.05, 0) is 44.8 Å². The Morgan fingerprint density at radius 1 is 1.32 bits per heavy atom. The highest BCUT2D eigenvalue weighted by molar-refractivity contribution is 5.79. The van der Waals surface area contributed by atoms with Gasteiger partial charge in [0, 0.05) is 12.6 Å². The molecule has 2 rings (SSSR count). The zero-order valence-electron chi connectivity index (χ0n) is 11.8. The van der Waals surface area contributed by atoms with Crippen LogP contribution >= 0.6 is 0 Å². The van der Waals surface area contributed by atoms with E-state index >= 15 is 0 Å². The number of rotatable bonds is 5. The molecule has 1 aromatic carbocycles. The third kappa shape index (κ3) is 4.06. The first kappa shape index (κ1) is 14.1. The SMILES string of the molecule is CNCCC1CCCCN1C(=O)Cc1ccccc1. The molecule has 0 saturated carbocycles. The van der Waals surface area contributed by atoms with Crippen LogP contribution in [0.3, 0.4) is 0 Å². The zero-order chi connectivity index (χ0) is 13.5. The van der Waals surface area contributed by atoms with Crippen molar-refractivity contribution in [3.8, 4) is 0 Å². The molecule has 1 fully saturated rings. The van der Waals surface area contributed by atoms with Crippen LogP contribution in [0.4, 0.5) is 0 Å². The summed E-state index contributed by atoms with van der Waals surface area (Å²) in [6.45, 7) is 1.92. The van der Waals surface area contributed by atoms with Gasteiger partial charge in [0.1, 0.15) is 0 Å². The molecule has 0 aliphatic carbocycles. The van der Waals surface area contributed by atoms with E-state index in [9.17, 15) is 4.79 Å². The smallest absolute Gasteiger partial charge is 0.227 e. The summed E-state index contributed by atoms with van der Waals surface area (Å²) in [5.74, 6) is 0.284. The number of amides is 1. The van der Waals surface area contributed by atoms with Gasteiger partial charge in [0.2, 0.25) is 5.91 Å². The highest BCUT2D eigenvalue weighted by Gasteiger charge is 2.25. The van der Waals surface area contributed by atoms with Crippen LogP contribution in [0.15, 0.2) is 30.3 Å². The molecule has 1 amide bonds.